The summed E-state index contributed by atoms with van der Waals surface area (Å²) in [6.07, 6.45) is 1.94. The summed E-state index contributed by atoms with van der Waals surface area (Å²) in [5, 5.41) is 20.1. The van der Waals surface area contributed by atoms with Gasteiger partial charge in [0, 0.05) is 0 Å². The maximum Gasteiger partial charge on any atom is 0.243 e. The molecule has 76 valence electrons. The highest BCUT2D eigenvalue weighted by Crippen LogP contribution is 2.37. The maximum atomic E-state index is 9.10. The molecule has 0 aliphatic heterocycles. The number of rotatable bonds is 3. The predicted octanol–water partition coefficient (Wildman–Crippen LogP) is 0.425. The molecule has 1 aliphatic rings. The fraction of sp³-hybridized carbons (Fsp3) is 0.667. The van der Waals surface area contributed by atoms with Gasteiger partial charge in [-0.05, 0) is 26.7 Å². The average molecular weight is 194 g/mol. The van der Waals surface area contributed by atoms with E-state index in [0.29, 0.717) is 5.95 Å². The lowest BCUT2D eigenvalue weighted by Gasteiger charge is -2.13. The Kier molecular flexibility index (Phi) is 2.11. The largest absolute Gasteiger partial charge is 0.394 e. The van der Waals surface area contributed by atoms with Gasteiger partial charge in [-0.15, -0.1) is 5.10 Å². The molecule has 0 aromatic carbocycles. The van der Waals surface area contributed by atoms with Crippen LogP contribution in [0.5, 0.6) is 0 Å². The molecule has 14 heavy (non-hydrogen) atoms. The molecule has 2 rings (SSSR count). The summed E-state index contributed by atoms with van der Waals surface area (Å²) in [6, 6.07) is 0. The molecule has 0 atom stereocenters. The fourth-order valence-electron chi connectivity index (χ4n) is 1.22. The van der Waals surface area contributed by atoms with Crippen LogP contribution in [0.4, 0.5) is 5.95 Å². The molecule has 0 bridgehead atoms. The minimum atomic E-state index is -0.177. The number of nitrogens with zero attached hydrogens (tertiary/aromatic N) is 3. The molecular weight excluding hydrogens is 180 g/mol. The van der Waals surface area contributed by atoms with Crippen LogP contribution in [0.3, 0.4) is 0 Å². The van der Waals surface area contributed by atoms with E-state index in [9.17, 15) is 0 Å². The van der Waals surface area contributed by atoms with E-state index in [1.807, 2.05) is 13.8 Å². The third kappa shape index (κ3) is 1.68. The molecule has 5 heteroatoms. The first kappa shape index (κ1) is 9.33. The molecule has 0 spiro atoms. The van der Waals surface area contributed by atoms with Crippen LogP contribution < -0.4 is 5.32 Å². The van der Waals surface area contributed by atoms with Crippen molar-refractivity contribution in [3.63, 3.8) is 0 Å². The van der Waals surface area contributed by atoms with Crippen LogP contribution in [0.1, 0.15) is 24.2 Å². The fourth-order valence-corrected chi connectivity index (χ4v) is 1.22. The Balaban J connectivity index is 2.14. The lowest BCUT2D eigenvalue weighted by atomic mass is 10.3. The van der Waals surface area contributed by atoms with E-state index in [0.717, 1.165) is 24.2 Å². The Labute approximate surface area is 82.6 Å². The van der Waals surface area contributed by atoms with Crippen LogP contribution in [0.15, 0.2) is 0 Å². The smallest absolute Gasteiger partial charge is 0.243 e. The third-order valence-electron chi connectivity index (χ3n) is 2.63. The third-order valence-corrected chi connectivity index (χ3v) is 2.63. The molecule has 0 amide bonds. The molecule has 1 fully saturated rings. The number of aryl methyl sites for hydroxylation is 2. The second kappa shape index (κ2) is 3.16. The van der Waals surface area contributed by atoms with Crippen LogP contribution >= 0.6 is 0 Å². The van der Waals surface area contributed by atoms with Crippen molar-refractivity contribution in [2.24, 2.45) is 0 Å². The maximum absolute atomic E-state index is 9.10. The van der Waals surface area contributed by atoms with Gasteiger partial charge in [-0.2, -0.15) is 5.10 Å². The lowest BCUT2D eigenvalue weighted by molar-refractivity contribution is 0.265. The van der Waals surface area contributed by atoms with Gasteiger partial charge in [-0.25, -0.2) is 4.98 Å². The average Bonchev–Trinajstić information content (AvgIpc) is 2.93. The molecule has 1 aliphatic carbocycles. The van der Waals surface area contributed by atoms with Gasteiger partial charge in [0.15, 0.2) is 0 Å². The monoisotopic (exact) mass is 194 g/mol. The quantitative estimate of drug-likeness (QED) is 0.730. The first-order chi connectivity index (χ1) is 6.65. The number of hydrogen-bond donors (Lipinski definition) is 2. The Morgan fingerprint density at radius 1 is 1.29 bits per heavy atom. The van der Waals surface area contributed by atoms with Gasteiger partial charge in [0.05, 0.1) is 23.5 Å². The van der Waals surface area contributed by atoms with E-state index in [-0.39, 0.29) is 12.1 Å². The Hall–Kier alpha value is -1.23. The van der Waals surface area contributed by atoms with E-state index in [4.69, 9.17) is 5.11 Å². The van der Waals surface area contributed by atoms with E-state index in [2.05, 4.69) is 20.5 Å². The molecule has 5 nitrogen and oxygen atoms in total. The van der Waals surface area contributed by atoms with E-state index >= 15 is 0 Å². The molecule has 0 saturated heterocycles. The molecule has 2 N–H and O–H groups in total. The Bertz CT molecular complexity index is 349. The van der Waals surface area contributed by atoms with Crippen molar-refractivity contribution in [2.75, 3.05) is 11.9 Å². The zero-order valence-corrected chi connectivity index (χ0v) is 8.41. The lowest BCUT2D eigenvalue weighted by Crippen LogP contribution is -2.27. The van der Waals surface area contributed by atoms with Crippen molar-refractivity contribution < 1.29 is 5.11 Å². The summed E-state index contributed by atoms with van der Waals surface area (Å²) in [5.41, 5.74) is 1.53. The van der Waals surface area contributed by atoms with Crippen LogP contribution in [0, 0.1) is 13.8 Å². The van der Waals surface area contributed by atoms with Crippen molar-refractivity contribution in [2.45, 2.75) is 32.2 Å². The number of aliphatic hydroxyl groups is 1. The number of aromatic nitrogens is 3. The minimum absolute atomic E-state index is 0.128. The predicted molar refractivity (Wildman–Crippen MR) is 52.0 cm³/mol. The van der Waals surface area contributed by atoms with E-state index in [1.54, 1.807) is 0 Å². The Morgan fingerprint density at radius 3 is 2.50 bits per heavy atom. The second-order valence-corrected chi connectivity index (χ2v) is 3.87. The number of aliphatic hydroxyl groups excluding tert-OH is 1. The molecule has 1 heterocycles. The number of anilines is 1. The SMILES string of the molecule is Cc1nnc(NC2(CO)CC2)nc1C. The summed E-state index contributed by atoms with van der Waals surface area (Å²) < 4.78 is 0. The summed E-state index contributed by atoms with van der Waals surface area (Å²) >= 11 is 0. The minimum Gasteiger partial charge on any atom is -0.394 e. The van der Waals surface area contributed by atoms with E-state index < -0.39 is 0 Å². The molecule has 1 aromatic heterocycles. The first-order valence-corrected chi connectivity index (χ1v) is 4.72. The van der Waals surface area contributed by atoms with Crippen molar-refractivity contribution in [3.8, 4) is 0 Å². The first-order valence-electron chi connectivity index (χ1n) is 4.72. The van der Waals surface area contributed by atoms with Crippen molar-refractivity contribution in [1.82, 2.24) is 15.2 Å². The highest BCUT2D eigenvalue weighted by Gasteiger charge is 2.42. The van der Waals surface area contributed by atoms with Crippen LogP contribution in [0.25, 0.3) is 0 Å². The van der Waals surface area contributed by atoms with Crippen LogP contribution in [-0.2, 0) is 0 Å². The van der Waals surface area contributed by atoms with Crippen molar-refractivity contribution in [3.05, 3.63) is 11.4 Å². The summed E-state index contributed by atoms with van der Waals surface area (Å²) in [7, 11) is 0. The van der Waals surface area contributed by atoms with Gasteiger partial charge in [-0.1, -0.05) is 0 Å². The number of nitrogens with one attached hydrogen (secondary N) is 1. The van der Waals surface area contributed by atoms with Gasteiger partial charge in [-0.3, -0.25) is 0 Å². The zero-order valence-electron chi connectivity index (χ0n) is 8.41. The highest BCUT2D eigenvalue weighted by atomic mass is 16.3. The van der Waals surface area contributed by atoms with Gasteiger partial charge in [0.25, 0.3) is 0 Å². The molecule has 1 aromatic rings. The zero-order chi connectivity index (χ0) is 10.2. The molecule has 1 saturated carbocycles. The van der Waals surface area contributed by atoms with Crippen LogP contribution in [-0.4, -0.2) is 32.4 Å². The normalized spacial score (nSPS) is 17.9. The van der Waals surface area contributed by atoms with Gasteiger partial charge in [0.1, 0.15) is 0 Å². The van der Waals surface area contributed by atoms with Crippen LogP contribution in [0.2, 0.25) is 0 Å². The summed E-state index contributed by atoms with van der Waals surface area (Å²) in [5.74, 6) is 0.514. The number of hydrogen-bond acceptors (Lipinski definition) is 5. The van der Waals surface area contributed by atoms with E-state index in [1.165, 1.54) is 0 Å². The Morgan fingerprint density at radius 2 is 2.00 bits per heavy atom. The van der Waals surface area contributed by atoms with Gasteiger partial charge in [0.2, 0.25) is 5.95 Å². The van der Waals surface area contributed by atoms with Crippen molar-refractivity contribution >= 4 is 5.95 Å². The topological polar surface area (TPSA) is 70.9 Å². The molecule has 0 radical (unpaired) electrons. The highest BCUT2D eigenvalue weighted by molar-refractivity contribution is 5.33. The molecule has 0 unspecified atom stereocenters. The molecular formula is C9H14N4O. The van der Waals surface area contributed by atoms with Crippen molar-refractivity contribution in [1.29, 1.82) is 0 Å². The second-order valence-electron chi connectivity index (χ2n) is 3.87. The summed E-state index contributed by atoms with van der Waals surface area (Å²) in [6.45, 7) is 3.90. The summed E-state index contributed by atoms with van der Waals surface area (Å²) in [4.78, 5) is 4.25. The standard InChI is InChI=1S/C9H14N4O/c1-6-7(2)12-13-8(10-6)11-9(5-14)3-4-9/h14H,3-5H2,1-2H3,(H,10,11,13). The van der Waals surface area contributed by atoms with Gasteiger partial charge >= 0.3 is 0 Å². The van der Waals surface area contributed by atoms with Gasteiger partial charge < -0.3 is 10.4 Å².